The van der Waals surface area contributed by atoms with Crippen molar-refractivity contribution in [1.82, 2.24) is 0 Å². The van der Waals surface area contributed by atoms with Gasteiger partial charge < -0.3 is 10.0 Å². The van der Waals surface area contributed by atoms with Crippen molar-refractivity contribution in [2.45, 2.75) is 12.3 Å². The Labute approximate surface area is 157 Å². The van der Waals surface area contributed by atoms with Crippen LogP contribution in [0, 0.1) is 0 Å². The second kappa shape index (κ2) is 6.50. The number of phenols is 1. The molecule has 26 heavy (non-hydrogen) atoms. The van der Waals surface area contributed by atoms with Crippen LogP contribution in [-0.4, -0.2) is 17.6 Å². The highest BCUT2D eigenvalue weighted by atomic mass is 35.5. The number of aromatic hydroxyl groups is 1. The molecule has 1 aliphatic rings. The zero-order chi connectivity index (χ0) is 18.3. The van der Waals surface area contributed by atoms with Crippen molar-refractivity contribution >= 4 is 34.0 Å². The standard InChI is InChI=1S/C22H18ClNO2/c1-14(23)13-24-20-11-8-15-4-2-3-5-18(15)22(20)19(12-21(24)26)16-6-9-17(25)10-7-16/h2-11,19,25H,1,12-13H2. The number of hydrogen-bond donors (Lipinski definition) is 1. The Bertz CT molecular complexity index is 1010. The van der Waals surface area contributed by atoms with Gasteiger partial charge in [-0.3, -0.25) is 4.79 Å². The lowest BCUT2D eigenvalue weighted by atomic mass is 9.81. The smallest absolute Gasteiger partial charge is 0.228 e. The molecule has 0 aromatic heterocycles. The SMILES string of the molecule is C=C(Cl)CN1C(=O)CC(c2ccc(O)cc2)c2c1ccc1ccccc21. The Morgan fingerprint density at radius 1 is 1.12 bits per heavy atom. The van der Waals surface area contributed by atoms with E-state index in [1.807, 2.05) is 36.4 Å². The highest BCUT2D eigenvalue weighted by molar-refractivity contribution is 6.30. The molecule has 4 rings (SSSR count). The van der Waals surface area contributed by atoms with Gasteiger partial charge in [-0.1, -0.05) is 60.6 Å². The summed E-state index contributed by atoms with van der Waals surface area (Å²) in [7, 11) is 0. The average Bonchev–Trinajstić information content (AvgIpc) is 2.63. The lowest BCUT2D eigenvalue weighted by Crippen LogP contribution is -2.37. The van der Waals surface area contributed by atoms with Crippen molar-refractivity contribution in [3.8, 4) is 5.75 Å². The van der Waals surface area contributed by atoms with Gasteiger partial charge in [0.15, 0.2) is 0 Å². The quantitative estimate of drug-likeness (QED) is 0.697. The van der Waals surface area contributed by atoms with Gasteiger partial charge in [0.1, 0.15) is 5.75 Å². The highest BCUT2D eigenvalue weighted by Crippen LogP contribution is 2.44. The second-order valence-electron chi connectivity index (χ2n) is 6.56. The molecule has 1 aliphatic heterocycles. The van der Waals surface area contributed by atoms with Crippen LogP contribution in [-0.2, 0) is 4.79 Å². The topological polar surface area (TPSA) is 40.5 Å². The molecule has 1 amide bonds. The molecule has 1 heterocycles. The van der Waals surface area contributed by atoms with Gasteiger partial charge in [-0.05, 0) is 40.1 Å². The number of fused-ring (bicyclic) bond motifs is 3. The van der Waals surface area contributed by atoms with E-state index in [0.29, 0.717) is 18.0 Å². The van der Waals surface area contributed by atoms with Gasteiger partial charge in [-0.2, -0.15) is 0 Å². The fourth-order valence-electron chi connectivity index (χ4n) is 3.74. The van der Waals surface area contributed by atoms with Crippen LogP contribution in [0.15, 0.2) is 72.3 Å². The Kier molecular flexibility index (Phi) is 4.17. The lowest BCUT2D eigenvalue weighted by Gasteiger charge is -2.35. The molecule has 1 unspecified atom stereocenters. The molecule has 0 radical (unpaired) electrons. The highest BCUT2D eigenvalue weighted by Gasteiger charge is 2.33. The maximum absolute atomic E-state index is 12.9. The van der Waals surface area contributed by atoms with E-state index in [2.05, 4.69) is 18.7 Å². The lowest BCUT2D eigenvalue weighted by molar-refractivity contribution is -0.119. The Morgan fingerprint density at radius 2 is 1.85 bits per heavy atom. The summed E-state index contributed by atoms with van der Waals surface area (Å²) in [6, 6.07) is 19.3. The molecule has 1 atom stereocenters. The van der Waals surface area contributed by atoms with E-state index in [9.17, 15) is 9.90 Å². The van der Waals surface area contributed by atoms with Crippen LogP contribution >= 0.6 is 11.6 Å². The van der Waals surface area contributed by atoms with Gasteiger partial charge in [0, 0.05) is 23.1 Å². The number of anilines is 1. The van der Waals surface area contributed by atoms with Crippen molar-refractivity contribution in [3.05, 3.63) is 83.4 Å². The maximum Gasteiger partial charge on any atom is 0.228 e. The minimum Gasteiger partial charge on any atom is -0.508 e. The largest absolute Gasteiger partial charge is 0.508 e. The van der Waals surface area contributed by atoms with Crippen LogP contribution in [0.2, 0.25) is 0 Å². The van der Waals surface area contributed by atoms with Crippen molar-refractivity contribution in [1.29, 1.82) is 0 Å². The number of carbonyl (C=O) groups is 1. The summed E-state index contributed by atoms with van der Waals surface area (Å²) in [5.41, 5.74) is 3.00. The second-order valence-corrected chi connectivity index (χ2v) is 7.10. The maximum atomic E-state index is 12.9. The predicted octanol–water partition coefficient (Wildman–Crippen LogP) is 5.17. The molecule has 1 N–H and O–H groups in total. The van der Waals surface area contributed by atoms with Gasteiger partial charge in [-0.15, -0.1) is 0 Å². The molecule has 0 aliphatic carbocycles. The Balaban J connectivity index is 1.96. The molecule has 3 aromatic carbocycles. The van der Waals surface area contributed by atoms with Crippen molar-refractivity contribution in [2.75, 3.05) is 11.4 Å². The first-order valence-corrected chi connectivity index (χ1v) is 8.86. The predicted molar refractivity (Wildman–Crippen MR) is 106 cm³/mol. The number of rotatable bonds is 3. The van der Waals surface area contributed by atoms with Crippen LogP contribution in [0.4, 0.5) is 5.69 Å². The van der Waals surface area contributed by atoms with E-state index in [4.69, 9.17) is 11.6 Å². The van der Waals surface area contributed by atoms with E-state index >= 15 is 0 Å². The molecule has 0 bridgehead atoms. The van der Waals surface area contributed by atoms with E-state index in [0.717, 1.165) is 27.6 Å². The first-order chi connectivity index (χ1) is 12.5. The van der Waals surface area contributed by atoms with Crippen molar-refractivity contribution < 1.29 is 9.90 Å². The van der Waals surface area contributed by atoms with E-state index in [1.54, 1.807) is 17.0 Å². The first kappa shape index (κ1) is 16.7. The Hall–Kier alpha value is -2.78. The van der Waals surface area contributed by atoms with Crippen LogP contribution in [0.25, 0.3) is 10.8 Å². The summed E-state index contributed by atoms with van der Waals surface area (Å²) in [6.45, 7) is 4.05. The number of benzene rings is 3. The van der Waals surface area contributed by atoms with Gasteiger partial charge in [0.25, 0.3) is 0 Å². The number of nitrogens with zero attached hydrogens (tertiary/aromatic N) is 1. The number of carbonyl (C=O) groups excluding carboxylic acids is 1. The van der Waals surface area contributed by atoms with E-state index in [1.165, 1.54) is 0 Å². The molecule has 3 aromatic rings. The summed E-state index contributed by atoms with van der Waals surface area (Å²) in [5, 5.41) is 12.3. The molecule has 4 heteroatoms. The molecule has 130 valence electrons. The molecule has 0 saturated heterocycles. The minimum atomic E-state index is -0.0657. The fraction of sp³-hybridized carbons (Fsp3) is 0.136. The summed E-state index contributed by atoms with van der Waals surface area (Å²) in [4.78, 5) is 14.6. The number of phenolic OH excluding ortho intramolecular Hbond substituents is 1. The number of halogens is 1. The third-order valence-electron chi connectivity index (χ3n) is 4.89. The molecule has 0 fully saturated rings. The van der Waals surface area contributed by atoms with Crippen molar-refractivity contribution in [3.63, 3.8) is 0 Å². The van der Waals surface area contributed by atoms with Crippen LogP contribution in [0.1, 0.15) is 23.5 Å². The molecule has 0 spiro atoms. The molecular weight excluding hydrogens is 346 g/mol. The summed E-state index contributed by atoms with van der Waals surface area (Å²) >= 11 is 6.02. The summed E-state index contributed by atoms with van der Waals surface area (Å²) < 4.78 is 0. The van der Waals surface area contributed by atoms with E-state index < -0.39 is 0 Å². The molecule has 3 nitrogen and oxygen atoms in total. The zero-order valence-electron chi connectivity index (χ0n) is 14.2. The van der Waals surface area contributed by atoms with Gasteiger partial charge >= 0.3 is 0 Å². The number of hydrogen-bond acceptors (Lipinski definition) is 2. The van der Waals surface area contributed by atoms with Crippen LogP contribution in [0.5, 0.6) is 5.75 Å². The summed E-state index contributed by atoms with van der Waals surface area (Å²) in [5.74, 6) is 0.172. The van der Waals surface area contributed by atoms with Gasteiger partial charge in [-0.25, -0.2) is 0 Å². The molecular formula is C22H18ClNO2. The normalized spacial score (nSPS) is 16.6. The summed E-state index contributed by atoms with van der Waals surface area (Å²) in [6.07, 6.45) is 0.357. The van der Waals surface area contributed by atoms with E-state index in [-0.39, 0.29) is 17.6 Å². The number of amides is 1. The van der Waals surface area contributed by atoms with Crippen molar-refractivity contribution in [2.24, 2.45) is 0 Å². The monoisotopic (exact) mass is 363 g/mol. The molecule has 0 saturated carbocycles. The van der Waals surface area contributed by atoms with Crippen LogP contribution in [0.3, 0.4) is 0 Å². The minimum absolute atomic E-state index is 0.0210. The first-order valence-electron chi connectivity index (χ1n) is 8.49. The zero-order valence-corrected chi connectivity index (χ0v) is 14.9. The fourth-order valence-corrected chi connectivity index (χ4v) is 3.86. The third kappa shape index (κ3) is 2.85. The van der Waals surface area contributed by atoms with Gasteiger partial charge in [0.2, 0.25) is 5.91 Å². The van der Waals surface area contributed by atoms with Crippen LogP contribution < -0.4 is 4.90 Å². The Morgan fingerprint density at radius 3 is 2.58 bits per heavy atom. The third-order valence-corrected chi connectivity index (χ3v) is 5.01. The average molecular weight is 364 g/mol. The van der Waals surface area contributed by atoms with Gasteiger partial charge in [0.05, 0.1) is 6.54 Å².